The number of imidazole rings is 1. The maximum Gasteiger partial charge on any atom is 0.406 e. The molecule has 0 fully saturated rings. The van der Waals surface area contributed by atoms with E-state index in [2.05, 4.69) is 16.9 Å². The fraction of sp³-hybridized carbons (Fsp3) is 0.333. The van der Waals surface area contributed by atoms with E-state index in [1.807, 2.05) is 0 Å². The first kappa shape index (κ1) is 12.7. The molecule has 17 heavy (non-hydrogen) atoms. The maximum atomic E-state index is 10.9. The van der Waals surface area contributed by atoms with Crippen LogP contribution in [0.15, 0.2) is 19.0 Å². The third-order valence-corrected chi connectivity index (χ3v) is 2.10. The Balaban J connectivity index is 2.99. The summed E-state index contributed by atoms with van der Waals surface area (Å²) in [6.07, 6.45) is 2.82. The molecule has 0 aliphatic heterocycles. The largest absolute Gasteiger partial charge is 0.480 e. The smallest absolute Gasteiger partial charge is 0.406 e. The van der Waals surface area contributed by atoms with E-state index in [0.717, 1.165) is 0 Å². The maximum absolute atomic E-state index is 10.9. The van der Waals surface area contributed by atoms with Crippen LogP contribution in [0.3, 0.4) is 0 Å². The Bertz CT molecular complexity index is 454. The Hall–Kier alpha value is -2.38. The summed E-state index contributed by atoms with van der Waals surface area (Å²) in [5.74, 6) is -1.45. The monoisotopic (exact) mass is 240 g/mol. The van der Waals surface area contributed by atoms with Gasteiger partial charge in [-0.05, 0) is 16.3 Å². The fourth-order valence-corrected chi connectivity index (χ4v) is 1.27. The van der Waals surface area contributed by atoms with Crippen LogP contribution in [0.25, 0.3) is 0 Å². The van der Waals surface area contributed by atoms with E-state index in [-0.39, 0.29) is 12.2 Å². The van der Waals surface area contributed by atoms with Gasteiger partial charge in [0.2, 0.25) is 12.1 Å². The molecule has 0 saturated carbocycles. The minimum absolute atomic E-state index is 0.0595. The third-order valence-electron chi connectivity index (χ3n) is 2.10. The van der Waals surface area contributed by atoms with Gasteiger partial charge in [-0.3, -0.25) is 4.57 Å². The van der Waals surface area contributed by atoms with Gasteiger partial charge in [0.15, 0.2) is 0 Å². The summed E-state index contributed by atoms with van der Waals surface area (Å²) in [6.45, 7) is 3.43. The van der Waals surface area contributed by atoms with E-state index >= 15 is 0 Å². The van der Waals surface area contributed by atoms with Crippen LogP contribution in [0.2, 0.25) is 0 Å². The van der Waals surface area contributed by atoms with E-state index in [1.54, 1.807) is 0 Å². The number of anilines is 1. The Labute approximate surface area is 96.7 Å². The average molecular weight is 240 g/mol. The van der Waals surface area contributed by atoms with E-state index in [4.69, 9.17) is 5.11 Å². The Kier molecular flexibility index (Phi) is 3.81. The molecule has 8 nitrogen and oxygen atoms in total. The number of aromatic nitrogens is 2. The number of aliphatic carboxylic acids is 1. The predicted octanol–water partition coefficient (Wildman–Crippen LogP) is 0.769. The van der Waals surface area contributed by atoms with Gasteiger partial charge in [-0.1, -0.05) is 6.08 Å². The van der Waals surface area contributed by atoms with Crippen molar-refractivity contribution in [3.63, 3.8) is 0 Å². The molecule has 1 aromatic heterocycles. The second-order valence-electron chi connectivity index (χ2n) is 3.34. The number of hydrogen-bond acceptors (Lipinski definition) is 5. The molecule has 0 aliphatic rings. The molecule has 0 aliphatic carbocycles. The number of nitrogens with zero attached hydrogens (tertiary/aromatic N) is 3. The molecule has 0 bridgehead atoms. The highest BCUT2D eigenvalue weighted by Crippen LogP contribution is 2.22. The highest BCUT2D eigenvalue weighted by molar-refractivity contribution is 5.78. The van der Waals surface area contributed by atoms with Gasteiger partial charge in [-0.25, -0.2) is 4.79 Å². The highest BCUT2D eigenvalue weighted by atomic mass is 16.6. The number of carboxylic acids is 1. The molecular formula is C9H12N4O4. The van der Waals surface area contributed by atoms with E-state index < -0.39 is 22.8 Å². The first-order valence-electron chi connectivity index (χ1n) is 4.73. The molecule has 0 radical (unpaired) electrons. The lowest BCUT2D eigenvalue weighted by Gasteiger charge is -2.13. The first-order chi connectivity index (χ1) is 7.97. The van der Waals surface area contributed by atoms with Gasteiger partial charge in [0, 0.05) is 7.05 Å². The Morgan fingerprint density at radius 3 is 3.00 bits per heavy atom. The second-order valence-corrected chi connectivity index (χ2v) is 3.34. The second kappa shape index (κ2) is 5.10. The highest BCUT2D eigenvalue weighted by Gasteiger charge is 2.25. The van der Waals surface area contributed by atoms with Gasteiger partial charge >= 0.3 is 11.8 Å². The molecule has 1 rings (SSSR count). The number of aryl methyl sites for hydroxylation is 1. The van der Waals surface area contributed by atoms with Gasteiger partial charge in [-0.2, -0.15) is 0 Å². The minimum Gasteiger partial charge on any atom is -0.480 e. The summed E-state index contributed by atoms with van der Waals surface area (Å²) in [7, 11) is 1.54. The molecule has 0 aromatic carbocycles. The van der Waals surface area contributed by atoms with Crippen LogP contribution in [-0.4, -0.2) is 31.6 Å². The molecule has 0 spiro atoms. The number of hydrogen-bond donors (Lipinski definition) is 2. The predicted molar refractivity (Wildman–Crippen MR) is 59.7 cm³/mol. The van der Waals surface area contributed by atoms with Crippen molar-refractivity contribution in [2.24, 2.45) is 7.05 Å². The van der Waals surface area contributed by atoms with Crippen LogP contribution in [-0.2, 0) is 11.8 Å². The van der Waals surface area contributed by atoms with E-state index in [0.29, 0.717) is 0 Å². The van der Waals surface area contributed by atoms with Crippen molar-refractivity contribution in [3.05, 3.63) is 29.1 Å². The molecule has 0 amide bonds. The number of nitro groups is 1. The van der Waals surface area contributed by atoms with Crippen molar-refractivity contribution >= 4 is 17.6 Å². The van der Waals surface area contributed by atoms with Crippen LogP contribution in [0.4, 0.5) is 11.6 Å². The summed E-state index contributed by atoms with van der Waals surface area (Å²) in [6, 6.07) is -0.971. The zero-order chi connectivity index (χ0) is 13.0. The molecule has 1 aromatic rings. The zero-order valence-corrected chi connectivity index (χ0v) is 9.16. The topological polar surface area (TPSA) is 110 Å². The van der Waals surface area contributed by atoms with Gasteiger partial charge < -0.3 is 20.5 Å². The summed E-state index contributed by atoms with van der Waals surface area (Å²) in [5.41, 5.74) is 0. The SMILES string of the molecule is C=CCC(Nc1c([N+](=O)[O-])ncn1C)C(=O)O. The Morgan fingerprint density at radius 1 is 1.88 bits per heavy atom. The first-order valence-corrected chi connectivity index (χ1v) is 4.73. The molecule has 92 valence electrons. The van der Waals surface area contributed by atoms with Crippen LogP contribution >= 0.6 is 0 Å². The molecule has 2 N–H and O–H groups in total. The van der Waals surface area contributed by atoms with Crippen LogP contribution in [0, 0.1) is 10.1 Å². The number of rotatable bonds is 6. The molecule has 1 heterocycles. The lowest BCUT2D eigenvalue weighted by Crippen LogP contribution is -2.29. The average Bonchev–Trinajstić information content (AvgIpc) is 2.59. The minimum atomic E-state index is -1.11. The number of nitrogens with one attached hydrogen (secondary N) is 1. The summed E-state index contributed by atoms with van der Waals surface area (Å²) >= 11 is 0. The van der Waals surface area contributed by atoms with Crippen molar-refractivity contribution in [3.8, 4) is 0 Å². The Morgan fingerprint density at radius 2 is 2.53 bits per heavy atom. The summed E-state index contributed by atoms with van der Waals surface area (Å²) in [5, 5.41) is 22.1. The standard InChI is InChI=1S/C9H12N4O4/c1-3-4-6(9(14)15)11-8-7(13(16)17)10-5-12(8)2/h3,5-6,11H,1,4H2,2H3,(H,14,15). The number of carboxylic acid groups (broad SMARTS) is 1. The normalized spacial score (nSPS) is 11.8. The molecule has 0 saturated heterocycles. The molecule has 1 atom stereocenters. The lowest BCUT2D eigenvalue weighted by atomic mass is 10.2. The van der Waals surface area contributed by atoms with Gasteiger partial charge in [-0.15, -0.1) is 6.58 Å². The molecular weight excluding hydrogens is 228 g/mol. The van der Waals surface area contributed by atoms with Crippen molar-refractivity contribution in [1.29, 1.82) is 0 Å². The van der Waals surface area contributed by atoms with Crippen LogP contribution in [0.5, 0.6) is 0 Å². The van der Waals surface area contributed by atoms with Crippen molar-refractivity contribution in [2.45, 2.75) is 12.5 Å². The summed E-state index contributed by atoms with van der Waals surface area (Å²) < 4.78 is 1.36. The van der Waals surface area contributed by atoms with Crippen LogP contribution in [0.1, 0.15) is 6.42 Å². The van der Waals surface area contributed by atoms with Gasteiger partial charge in [0.05, 0.1) is 0 Å². The fourth-order valence-electron chi connectivity index (χ4n) is 1.27. The van der Waals surface area contributed by atoms with E-state index in [1.165, 1.54) is 24.0 Å². The third kappa shape index (κ3) is 2.80. The van der Waals surface area contributed by atoms with Crippen molar-refractivity contribution in [1.82, 2.24) is 9.55 Å². The zero-order valence-electron chi connectivity index (χ0n) is 9.16. The quantitative estimate of drug-likeness (QED) is 0.431. The van der Waals surface area contributed by atoms with Crippen molar-refractivity contribution in [2.75, 3.05) is 5.32 Å². The molecule has 1 unspecified atom stereocenters. The van der Waals surface area contributed by atoms with Gasteiger partial charge in [0.1, 0.15) is 6.04 Å². The molecule has 8 heteroatoms. The summed E-state index contributed by atoms with van der Waals surface area (Å²) in [4.78, 5) is 24.5. The number of carbonyl (C=O) groups is 1. The lowest BCUT2D eigenvalue weighted by molar-refractivity contribution is -0.388. The van der Waals surface area contributed by atoms with E-state index in [9.17, 15) is 14.9 Å². The van der Waals surface area contributed by atoms with Crippen LogP contribution < -0.4 is 5.32 Å². The van der Waals surface area contributed by atoms with Crippen molar-refractivity contribution < 1.29 is 14.8 Å². The van der Waals surface area contributed by atoms with Gasteiger partial charge in [0.25, 0.3) is 0 Å².